The molecule has 2 N–H and O–H groups in total. The van der Waals surface area contributed by atoms with Gasteiger partial charge in [-0.15, -0.1) is 0 Å². The number of rotatable bonds is 5. The molecule has 4 nitrogen and oxygen atoms in total. The third kappa shape index (κ3) is 3.56. The monoisotopic (exact) mass is 251 g/mol. The summed E-state index contributed by atoms with van der Waals surface area (Å²) >= 11 is 0. The lowest BCUT2D eigenvalue weighted by atomic mass is 9.86. The van der Waals surface area contributed by atoms with E-state index in [1.54, 1.807) is 0 Å². The smallest absolute Gasteiger partial charge is 0.0762 e. The molecule has 1 aromatic rings. The van der Waals surface area contributed by atoms with Gasteiger partial charge in [0.15, 0.2) is 0 Å². The Morgan fingerprint density at radius 2 is 2.22 bits per heavy atom. The zero-order chi connectivity index (χ0) is 13.0. The number of aliphatic hydroxyl groups is 1. The molecule has 4 heteroatoms. The maximum atomic E-state index is 9.88. The van der Waals surface area contributed by atoms with Crippen molar-refractivity contribution in [2.24, 2.45) is 5.92 Å². The molecule has 1 fully saturated rings. The number of nitrogens with zero attached hydrogens (tertiary/aromatic N) is 2. The Balaban J connectivity index is 1.74. The molecular formula is C14H25N3O. The summed E-state index contributed by atoms with van der Waals surface area (Å²) < 4.78 is 1.98. The van der Waals surface area contributed by atoms with Crippen LogP contribution >= 0.6 is 0 Å². The van der Waals surface area contributed by atoms with Gasteiger partial charge in [-0.05, 0) is 38.7 Å². The van der Waals surface area contributed by atoms with Crippen LogP contribution in [-0.4, -0.2) is 27.5 Å². The van der Waals surface area contributed by atoms with E-state index in [9.17, 15) is 5.11 Å². The molecule has 102 valence electrons. The normalized spacial score (nSPS) is 24.7. The number of aliphatic hydroxyl groups excluding tert-OH is 1. The average molecular weight is 251 g/mol. The summed E-state index contributed by atoms with van der Waals surface area (Å²) in [5, 5.41) is 17.8. The first-order valence-corrected chi connectivity index (χ1v) is 7.09. The van der Waals surface area contributed by atoms with E-state index in [1.807, 2.05) is 10.9 Å². The molecule has 0 radical (unpaired) electrons. The minimum atomic E-state index is -0.112. The fraction of sp³-hybridized carbons (Fsp3) is 0.786. The van der Waals surface area contributed by atoms with Crippen LogP contribution < -0.4 is 5.32 Å². The molecule has 2 unspecified atom stereocenters. The second-order valence-electron chi connectivity index (χ2n) is 5.62. The highest BCUT2D eigenvalue weighted by Crippen LogP contribution is 2.23. The van der Waals surface area contributed by atoms with Crippen molar-refractivity contribution in [1.29, 1.82) is 0 Å². The largest absolute Gasteiger partial charge is 0.393 e. The second kappa shape index (κ2) is 6.34. The third-order valence-corrected chi connectivity index (χ3v) is 3.77. The predicted octanol–water partition coefficient (Wildman–Crippen LogP) is 2.10. The van der Waals surface area contributed by atoms with Crippen molar-refractivity contribution in [3.63, 3.8) is 0 Å². The van der Waals surface area contributed by atoms with Gasteiger partial charge in [-0.3, -0.25) is 4.68 Å². The van der Waals surface area contributed by atoms with Crippen molar-refractivity contribution in [2.45, 2.75) is 58.2 Å². The third-order valence-electron chi connectivity index (χ3n) is 3.77. The number of aromatic nitrogens is 2. The molecule has 2 rings (SSSR count). The van der Waals surface area contributed by atoms with Gasteiger partial charge < -0.3 is 10.4 Å². The number of hydrogen-bond acceptors (Lipinski definition) is 3. The minimum Gasteiger partial charge on any atom is -0.393 e. The van der Waals surface area contributed by atoms with Crippen LogP contribution in [0.3, 0.4) is 0 Å². The fourth-order valence-corrected chi connectivity index (χ4v) is 2.57. The molecule has 0 aromatic carbocycles. The van der Waals surface area contributed by atoms with Crippen molar-refractivity contribution in [1.82, 2.24) is 15.1 Å². The summed E-state index contributed by atoms with van der Waals surface area (Å²) in [4.78, 5) is 0. The van der Waals surface area contributed by atoms with Gasteiger partial charge in [0, 0.05) is 25.3 Å². The predicted molar refractivity (Wildman–Crippen MR) is 72.3 cm³/mol. The first-order valence-electron chi connectivity index (χ1n) is 7.09. The summed E-state index contributed by atoms with van der Waals surface area (Å²) in [7, 11) is 0. The molecule has 0 amide bonds. The van der Waals surface area contributed by atoms with Crippen LogP contribution in [-0.2, 0) is 6.54 Å². The quantitative estimate of drug-likeness (QED) is 0.842. The van der Waals surface area contributed by atoms with Gasteiger partial charge in [-0.25, -0.2) is 0 Å². The standard InChI is InChI=1S/C14H25N3O/c1-11(2)17-8-7-13(16-17)10-15-9-12-5-3-4-6-14(12)18/h7-8,11-12,14-15,18H,3-6,9-10H2,1-2H3. The average Bonchev–Trinajstić information content (AvgIpc) is 2.80. The van der Waals surface area contributed by atoms with Gasteiger partial charge in [0.25, 0.3) is 0 Å². The van der Waals surface area contributed by atoms with Gasteiger partial charge in [0.05, 0.1) is 11.8 Å². The van der Waals surface area contributed by atoms with Crippen LogP contribution in [0.2, 0.25) is 0 Å². The highest BCUT2D eigenvalue weighted by atomic mass is 16.3. The molecule has 0 spiro atoms. The number of hydrogen-bond donors (Lipinski definition) is 2. The van der Waals surface area contributed by atoms with Gasteiger partial charge in [0.2, 0.25) is 0 Å². The van der Waals surface area contributed by atoms with E-state index in [0.29, 0.717) is 12.0 Å². The van der Waals surface area contributed by atoms with Crippen molar-refractivity contribution in [3.8, 4) is 0 Å². The molecule has 2 atom stereocenters. The molecule has 18 heavy (non-hydrogen) atoms. The molecule has 1 heterocycles. The SMILES string of the molecule is CC(C)n1ccc(CNCC2CCCCC2O)n1. The Labute approximate surface area is 109 Å². The maximum absolute atomic E-state index is 9.88. The Bertz CT molecular complexity index is 362. The topological polar surface area (TPSA) is 50.1 Å². The second-order valence-corrected chi connectivity index (χ2v) is 5.62. The van der Waals surface area contributed by atoms with Crippen molar-refractivity contribution in [2.75, 3.05) is 6.54 Å². The Morgan fingerprint density at radius 1 is 1.44 bits per heavy atom. The van der Waals surface area contributed by atoms with Crippen LogP contribution in [0.15, 0.2) is 12.3 Å². The van der Waals surface area contributed by atoms with Crippen LogP contribution in [0.25, 0.3) is 0 Å². The zero-order valence-corrected chi connectivity index (χ0v) is 11.5. The van der Waals surface area contributed by atoms with Crippen LogP contribution in [0, 0.1) is 5.92 Å². The summed E-state index contributed by atoms with van der Waals surface area (Å²) in [6.45, 7) is 5.95. The molecule has 0 aliphatic heterocycles. The summed E-state index contributed by atoms with van der Waals surface area (Å²) in [5.41, 5.74) is 1.08. The Morgan fingerprint density at radius 3 is 2.89 bits per heavy atom. The van der Waals surface area contributed by atoms with Gasteiger partial charge in [-0.2, -0.15) is 5.10 Å². The van der Waals surface area contributed by atoms with Crippen molar-refractivity contribution < 1.29 is 5.11 Å². The van der Waals surface area contributed by atoms with E-state index < -0.39 is 0 Å². The molecular weight excluding hydrogens is 226 g/mol. The van der Waals surface area contributed by atoms with E-state index in [0.717, 1.165) is 31.6 Å². The van der Waals surface area contributed by atoms with E-state index in [4.69, 9.17) is 0 Å². The van der Waals surface area contributed by atoms with E-state index in [2.05, 4.69) is 30.3 Å². The Kier molecular flexibility index (Phi) is 4.78. The van der Waals surface area contributed by atoms with Crippen molar-refractivity contribution in [3.05, 3.63) is 18.0 Å². The molecule has 0 bridgehead atoms. The first kappa shape index (κ1) is 13.6. The highest BCUT2D eigenvalue weighted by Gasteiger charge is 2.22. The van der Waals surface area contributed by atoms with Crippen LogP contribution in [0.4, 0.5) is 0 Å². The van der Waals surface area contributed by atoms with E-state index in [1.165, 1.54) is 12.8 Å². The van der Waals surface area contributed by atoms with Gasteiger partial charge >= 0.3 is 0 Å². The fourth-order valence-electron chi connectivity index (χ4n) is 2.57. The summed E-state index contributed by atoms with van der Waals surface area (Å²) in [5.74, 6) is 0.422. The summed E-state index contributed by atoms with van der Waals surface area (Å²) in [6, 6.07) is 2.48. The lowest BCUT2D eigenvalue weighted by molar-refractivity contribution is 0.0694. The highest BCUT2D eigenvalue weighted by molar-refractivity contribution is 4.99. The van der Waals surface area contributed by atoms with Crippen LogP contribution in [0.1, 0.15) is 51.3 Å². The van der Waals surface area contributed by atoms with Crippen LogP contribution in [0.5, 0.6) is 0 Å². The molecule has 0 saturated heterocycles. The molecule has 1 aromatic heterocycles. The molecule has 1 aliphatic rings. The molecule has 1 aliphatic carbocycles. The van der Waals surface area contributed by atoms with Crippen molar-refractivity contribution >= 4 is 0 Å². The minimum absolute atomic E-state index is 0.112. The first-order chi connectivity index (χ1) is 8.66. The molecule has 1 saturated carbocycles. The lowest BCUT2D eigenvalue weighted by Crippen LogP contribution is -2.33. The zero-order valence-electron chi connectivity index (χ0n) is 11.5. The van der Waals surface area contributed by atoms with E-state index >= 15 is 0 Å². The summed E-state index contributed by atoms with van der Waals surface area (Å²) in [6.07, 6.45) is 6.46. The lowest BCUT2D eigenvalue weighted by Gasteiger charge is -2.27. The maximum Gasteiger partial charge on any atom is 0.0762 e. The number of nitrogens with one attached hydrogen (secondary N) is 1. The van der Waals surface area contributed by atoms with Gasteiger partial charge in [-0.1, -0.05) is 12.8 Å². The van der Waals surface area contributed by atoms with E-state index in [-0.39, 0.29) is 6.10 Å². The Hall–Kier alpha value is -0.870. The van der Waals surface area contributed by atoms with Gasteiger partial charge in [0.1, 0.15) is 0 Å².